The maximum atomic E-state index is 11.5. The standard InChI is InChI=1S/C10H17NO4S/c1-4-6-9(5-2)11-16(13,14)8-7-10(12)15-3/h2,9,11H,4,6-8H2,1,3H3. The van der Waals surface area contributed by atoms with E-state index in [1.54, 1.807) is 0 Å². The van der Waals surface area contributed by atoms with Gasteiger partial charge in [0.1, 0.15) is 0 Å². The molecule has 0 amide bonds. The Bertz CT molecular complexity index is 356. The van der Waals surface area contributed by atoms with Crippen molar-refractivity contribution in [3.05, 3.63) is 0 Å². The highest BCUT2D eigenvalue weighted by Crippen LogP contribution is 1.99. The fourth-order valence-corrected chi connectivity index (χ4v) is 2.23. The van der Waals surface area contributed by atoms with Gasteiger partial charge in [-0.2, -0.15) is 0 Å². The molecule has 92 valence electrons. The van der Waals surface area contributed by atoms with Crippen molar-refractivity contribution in [3.63, 3.8) is 0 Å². The van der Waals surface area contributed by atoms with E-state index in [-0.39, 0.29) is 12.2 Å². The van der Waals surface area contributed by atoms with Gasteiger partial charge < -0.3 is 4.74 Å². The van der Waals surface area contributed by atoms with Gasteiger partial charge in [0, 0.05) is 0 Å². The second-order valence-electron chi connectivity index (χ2n) is 3.27. The molecule has 1 atom stereocenters. The zero-order valence-corrected chi connectivity index (χ0v) is 10.3. The predicted molar refractivity (Wildman–Crippen MR) is 61.1 cm³/mol. The van der Waals surface area contributed by atoms with Crippen molar-refractivity contribution in [2.45, 2.75) is 32.2 Å². The van der Waals surface area contributed by atoms with Gasteiger partial charge >= 0.3 is 5.97 Å². The third-order valence-corrected chi connectivity index (χ3v) is 3.29. The van der Waals surface area contributed by atoms with Crippen molar-refractivity contribution in [2.24, 2.45) is 0 Å². The fraction of sp³-hybridized carbons (Fsp3) is 0.700. The first-order chi connectivity index (χ1) is 7.45. The minimum Gasteiger partial charge on any atom is -0.469 e. The molecule has 0 fully saturated rings. The Balaban J connectivity index is 4.24. The summed E-state index contributed by atoms with van der Waals surface area (Å²) >= 11 is 0. The lowest BCUT2D eigenvalue weighted by Gasteiger charge is -2.11. The Hall–Kier alpha value is -1.06. The molecular formula is C10H17NO4S. The Morgan fingerprint density at radius 2 is 2.19 bits per heavy atom. The largest absolute Gasteiger partial charge is 0.469 e. The van der Waals surface area contributed by atoms with Gasteiger partial charge in [0.15, 0.2) is 0 Å². The van der Waals surface area contributed by atoms with Crippen LogP contribution in [0.2, 0.25) is 0 Å². The summed E-state index contributed by atoms with van der Waals surface area (Å²) in [5.74, 6) is 1.49. The molecule has 0 aromatic carbocycles. The molecule has 0 aliphatic rings. The van der Waals surface area contributed by atoms with E-state index < -0.39 is 22.0 Å². The number of sulfonamides is 1. The predicted octanol–water partition coefficient (Wildman–Crippen LogP) is 0.271. The van der Waals surface area contributed by atoms with Crippen LogP contribution in [0, 0.1) is 12.3 Å². The van der Waals surface area contributed by atoms with E-state index in [1.807, 2.05) is 6.92 Å². The van der Waals surface area contributed by atoms with Gasteiger partial charge in [-0.1, -0.05) is 19.3 Å². The molecule has 0 spiro atoms. The van der Waals surface area contributed by atoms with Gasteiger partial charge in [0.05, 0.1) is 25.3 Å². The third-order valence-electron chi connectivity index (χ3n) is 1.90. The number of carbonyl (C=O) groups is 1. The number of ether oxygens (including phenoxy) is 1. The number of nitrogens with one attached hydrogen (secondary N) is 1. The zero-order chi connectivity index (χ0) is 12.6. The van der Waals surface area contributed by atoms with Crippen molar-refractivity contribution in [2.75, 3.05) is 12.9 Å². The molecule has 0 saturated carbocycles. The average Bonchev–Trinajstić information content (AvgIpc) is 2.25. The number of esters is 1. The Labute approximate surface area is 96.6 Å². The van der Waals surface area contributed by atoms with Gasteiger partial charge in [-0.3, -0.25) is 4.79 Å². The van der Waals surface area contributed by atoms with Crippen LogP contribution in [0.1, 0.15) is 26.2 Å². The number of methoxy groups -OCH3 is 1. The van der Waals surface area contributed by atoms with Crippen LogP contribution in [0.3, 0.4) is 0 Å². The number of terminal acetylenes is 1. The summed E-state index contributed by atoms with van der Waals surface area (Å²) in [6, 6.07) is -0.507. The van der Waals surface area contributed by atoms with Crippen molar-refractivity contribution >= 4 is 16.0 Å². The van der Waals surface area contributed by atoms with Gasteiger partial charge in [0.2, 0.25) is 10.0 Å². The molecule has 0 saturated heterocycles. The molecule has 6 heteroatoms. The minimum absolute atomic E-state index is 0.171. The second-order valence-corrected chi connectivity index (χ2v) is 5.14. The van der Waals surface area contributed by atoms with Crippen molar-refractivity contribution in [1.29, 1.82) is 0 Å². The van der Waals surface area contributed by atoms with Gasteiger partial charge in [0.25, 0.3) is 0 Å². The Morgan fingerprint density at radius 1 is 1.56 bits per heavy atom. The van der Waals surface area contributed by atoms with Gasteiger partial charge in [-0.25, -0.2) is 13.1 Å². The van der Waals surface area contributed by atoms with Crippen molar-refractivity contribution in [1.82, 2.24) is 4.72 Å². The molecule has 0 heterocycles. The number of rotatable bonds is 7. The molecule has 16 heavy (non-hydrogen) atoms. The lowest BCUT2D eigenvalue weighted by Crippen LogP contribution is -2.35. The SMILES string of the molecule is C#CC(CCC)NS(=O)(=O)CCC(=O)OC. The Kier molecular flexibility index (Phi) is 6.77. The first-order valence-corrected chi connectivity index (χ1v) is 6.63. The molecule has 0 aromatic rings. The summed E-state index contributed by atoms with van der Waals surface area (Å²) in [5, 5.41) is 0. The van der Waals surface area contributed by atoms with Crippen LogP contribution >= 0.6 is 0 Å². The van der Waals surface area contributed by atoms with E-state index in [4.69, 9.17) is 6.42 Å². The van der Waals surface area contributed by atoms with Crippen LogP contribution in [-0.4, -0.2) is 33.3 Å². The van der Waals surface area contributed by atoms with E-state index in [0.29, 0.717) is 6.42 Å². The smallest absolute Gasteiger partial charge is 0.306 e. The first kappa shape index (κ1) is 14.9. The quantitative estimate of drug-likeness (QED) is 0.518. The van der Waals surface area contributed by atoms with E-state index in [9.17, 15) is 13.2 Å². The first-order valence-electron chi connectivity index (χ1n) is 4.98. The molecule has 0 aromatic heterocycles. The molecule has 0 aliphatic carbocycles. The molecule has 0 radical (unpaired) electrons. The highest BCUT2D eigenvalue weighted by molar-refractivity contribution is 7.89. The molecule has 1 unspecified atom stereocenters. The highest BCUT2D eigenvalue weighted by atomic mass is 32.2. The topological polar surface area (TPSA) is 72.5 Å². The van der Waals surface area contributed by atoms with Crippen molar-refractivity contribution in [3.8, 4) is 12.3 Å². The van der Waals surface area contributed by atoms with Crippen LogP contribution in [0.25, 0.3) is 0 Å². The van der Waals surface area contributed by atoms with Crippen LogP contribution in [-0.2, 0) is 19.6 Å². The average molecular weight is 247 g/mol. The lowest BCUT2D eigenvalue weighted by molar-refractivity contribution is -0.140. The van der Waals surface area contributed by atoms with Crippen molar-refractivity contribution < 1.29 is 17.9 Å². The van der Waals surface area contributed by atoms with E-state index in [2.05, 4.69) is 15.4 Å². The normalized spacial score (nSPS) is 12.8. The number of carbonyl (C=O) groups excluding carboxylic acids is 1. The second kappa shape index (κ2) is 7.25. The van der Waals surface area contributed by atoms with E-state index in [1.165, 1.54) is 7.11 Å². The summed E-state index contributed by atoms with van der Waals surface area (Å²) in [5.41, 5.74) is 0. The van der Waals surface area contributed by atoms with Gasteiger partial charge in [-0.15, -0.1) is 6.42 Å². The Morgan fingerprint density at radius 3 is 2.62 bits per heavy atom. The monoisotopic (exact) mass is 247 g/mol. The van der Waals surface area contributed by atoms with Crippen LogP contribution < -0.4 is 4.72 Å². The zero-order valence-electron chi connectivity index (χ0n) is 9.52. The van der Waals surface area contributed by atoms with Gasteiger partial charge in [-0.05, 0) is 6.42 Å². The maximum absolute atomic E-state index is 11.5. The molecule has 0 bridgehead atoms. The van der Waals surface area contributed by atoms with Crippen LogP contribution in [0.4, 0.5) is 0 Å². The minimum atomic E-state index is -3.51. The highest BCUT2D eigenvalue weighted by Gasteiger charge is 2.17. The van der Waals surface area contributed by atoms with Crippen LogP contribution in [0.5, 0.6) is 0 Å². The number of hydrogen-bond donors (Lipinski definition) is 1. The summed E-state index contributed by atoms with van der Waals surface area (Å²) in [6.45, 7) is 1.91. The van der Waals surface area contributed by atoms with E-state index >= 15 is 0 Å². The third kappa shape index (κ3) is 6.43. The molecule has 5 nitrogen and oxygen atoms in total. The van der Waals surface area contributed by atoms with E-state index in [0.717, 1.165) is 6.42 Å². The molecular weight excluding hydrogens is 230 g/mol. The summed E-state index contributed by atoms with van der Waals surface area (Å²) in [4.78, 5) is 10.8. The molecule has 0 aliphatic heterocycles. The summed E-state index contributed by atoms with van der Waals surface area (Å²) in [7, 11) is -2.30. The molecule has 1 N–H and O–H groups in total. The maximum Gasteiger partial charge on any atom is 0.306 e. The summed E-state index contributed by atoms with van der Waals surface area (Å²) < 4.78 is 29.7. The fourth-order valence-electron chi connectivity index (χ4n) is 1.06. The lowest BCUT2D eigenvalue weighted by atomic mass is 10.2. The number of hydrogen-bond acceptors (Lipinski definition) is 4. The van der Waals surface area contributed by atoms with Crippen LogP contribution in [0.15, 0.2) is 0 Å². The molecule has 0 rings (SSSR count). The summed E-state index contributed by atoms with van der Waals surface area (Å²) in [6.07, 6.45) is 6.37.